The molecule has 0 unspecified atom stereocenters. The lowest BCUT2D eigenvalue weighted by molar-refractivity contribution is 0.326. The highest BCUT2D eigenvalue weighted by Gasteiger charge is 2.03. The van der Waals surface area contributed by atoms with Crippen LogP contribution in [0.15, 0.2) is 12.4 Å². The highest BCUT2D eigenvalue weighted by Crippen LogP contribution is 2.13. The molecule has 0 spiro atoms. The lowest BCUT2D eigenvalue weighted by Crippen LogP contribution is -2.25. The number of hydrogen-bond acceptors (Lipinski definition) is 5. The van der Waals surface area contributed by atoms with E-state index < -0.39 is 0 Å². The molecule has 5 nitrogen and oxygen atoms in total. The molecule has 0 saturated heterocycles. The van der Waals surface area contributed by atoms with Gasteiger partial charge < -0.3 is 15.4 Å². The van der Waals surface area contributed by atoms with Gasteiger partial charge in [0, 0.05) is 26.2 Å². The zero-order chi connectivity index (χ0) is 10.4. The fourth-order valence-electron chi connectivity index (χ4n) is 1.07. The van der Waals surface area contributed by atoms with Crippen LogP contribution in [0.5, 0.6) is 5.88 Å². The van der Waals surface area contributed by atoms with E-state index in [-0.39, 0.29) is 0 Å². The molecule has 0 aromatic carbocycles. The van der Waals surface area contributed by atoms with Crippen molar-refractivity contribution in [2.24, 2.45) is 5.73 Å². The van der Waals surface area contributed by atoms with Gasteiger partial charge in [-0.25, -0.2) is 9.97 Å². The second-order valence-corrected chi connectivity index (χ2v) is 2.86. The Morgan fingerprint density at radius 2 is 2.29 bits per heavy atom. The molecule has 1 aromatic rings. The van der Waals surface area contributed by atoms with Crippen LogP contribution >= 0.6 is 0 Å². The van der Waals surface area contributed by atoms with Gasteiger partial charge in [-0.3, -0.25) is 0 Å². The summed E-state index contributed by atoms with van der Waals surface area (Å²) in [6.45, 7) is 3.90. The number of anilines is 1. The molecule has 0 aliphatic rings. The van der Waals surface area contributed by atoms with Crippen LogP contribution in [0.2, 0.25) is 0 Å². The molecule has 1 aromatic heterocycles. The second kappa shape index (κ2) is 5.39. The van der Waals surface area contributed by atoms with E-state index in [2.05, 4.69) is 9.97 Å². The molecule has 1 rings (SSSR count). The van der Waals surface area contributed by atoms with Crippen molar-refractivity contribution < 1.29 is 4.74 Å². The Bertz CT molecular complexity index is 279. The van der Waals surface area contributed by atoms with Gasteiger partial charge in [0.25, 0.3) is 0 Å². The minimum Gasteiger partial charge on any atom is -0.478 e. The molecular formula is C9H16N4O. The first-order chi connectivity index (χ1) is 6.77. The summed E-state index contributed by atoms with van der Waals surface area (Å²) >= 11 is 0. The van der Waals surface area contributed by atoms with Crippen molar-refractivity contribution in [2.75, 3.05) is 31.6 Å². The normalized spacial score (nSPS) is 9.93. The summed E-state index contributed by atoms with van der Waals surface area (Å²) in [6.07, 6.45) is 1.49. The van der Waals surface area contributed by atoms with Crippen molar-refractivity contribution in [3.05, 3.63) is 12.4 Å². The monoisotopic (exact) mass is 196 g/mol. The van der Waals surface area contributed by atoms with Gasteiger partial charge in [0.1, 0.15) is 12.1 Å². The first-order valence-corrected chi connectivity index (χ1v) is 4.64. The van der Waals surface area contributed by atoms with Crippen molar-refractivity contribution in [2.45, 2.75) is 6.92 Å². The molecule has 2 N–H and O–H groups in total. The van der Waals surface area contributed by atoms with Crippen molar-refractivity contribution in [1.29, 1.82) is 0 Å². The molecule has 0 fully saturated rings. The fraction of sp³-hybridized carbons (Fsp3) is 0.556. The Hall–Kier alpha value is -1.36. The van der Waals surface area contributed by atoms with Crippen molar-refractivity contribution in [3.8, 4) is 5.88 Å². The summed E-state index contributed by atoms with van der Waals surface area (Å²) < 4.78 is 5.27. The minimum absolute atomic E-state index is 0.598. The first kappa shape index (κ1) is 10.7. The predicted molar refractivity (Wildman–Crippen MR) is 55.5 cm³/mol. The molecule has 0 radical (unpaired) electrons. The second-order valence-electron chi connectivity index (χ2n) is 2.86. The molecule has 0 amide bonds. The zero-order valence-electron chi connectivity index (χ0n) is 8.60. The lowest BCUT2D eigenvalue weighted by atomic mass is 10.5. The molecule has 78 valence electrons. The van der Waals surface area contributed by atoms with Crippen LogP contribution in [0.3, 0.4) is 0 Å². The number of aromatic nitrogens is 2. The average Bonchev–Trinajstić information content (AvgIpc) is 2.19. The minimum atomic E-state index is 0.598. The number of nitrogens with two attached hydrogens (primary N) is 1. The topological polar surface area (TPSA) is 64.3 Å². The number of rotatable bonds is 5. The van der Waals surface area contributed by atoms with E-state index in [1.54, 1.807) is 6.07 Å². The van der Waals surface area contributed by atoms with Crippen LogP contribution in [0.4, 0.5) is 5.82 Å². The maximum absolute atomic E-state index is 5.45. The van der Waals surface area contributed by atoms with Crippen LogP contribution in [-0.2, 0) is 0 Å². The van der Waals surface area contributed by atoms with E-state index in [9.17, 15) is 0 Å². The van der Waals surface area contributed by atoms with Gasteiger partial charge in [0.05, 0.1) is 6.61 Å². The summed E-state index contributed by atoms with van der Waals surface area (Å²) in [4.78, 5) is 10.1. The Kier molecular flexibility index (Phi) is 4.12. The van der Waals surface area contributed by atoms with Crippen LogP contribution in [0, 0.1) is 0 Å². The van der Waals surface area contributed by atoms with Gasteiger partial charge in [-0.1, -0.05) is 0 Å². The standard InChI is InChI=1S/C9H16N4O/c1-3-14-9-6-8(11-7-12-9)13(2)5-4-10/h6-7H,3-5,10H2,1-2H3. The highest BCUT2D eigenvalue weighted by molar-refractivity contribution is 5.39. The molecular weight excluding hydrogens is 180 g/mol. The summed E-state index contributed by atoms with van der Waals surface area (Å²) in [5.74, 6) is 1.43. The molecule has 0 atom stereocenters. The quantitative estimate of drug-likeness (QED) is 0.732. The Balaban J connectivity index is 2.71. The summed E-state index contributed by atoms with van der Waals surface area (Å²) in [6, 6.07) is 1.80. The van der Waals surface area contributed by atoms with Gasteiger partial charge in [-0.15, -0.1) is 0 Å². The van der Waals surface area contributed by atoms with E-state index in [1.165, 1.54) is 6.33 Å². The van der Waals surface area contributed by atoms with Crippen LogP contribution in [-0.4, -0.2) is 36.7 Å². The molecule has 5 heteroatoms. The number of likely N-dealkylation sites (N-methyl/N-ethyl adjacent to an activating group) is 1. The Labute approximate surface area is 83.9 Å². The average molecular weight is 196 g/mol. The number of ether oxygens (including phenoxy) is 1. The number of nitrogens with zero attached hydrogens (tertiary/aromatic N) is 3. The summed E-state index contributed by atoms with van der Waals surface area (Å²) in [5.41, 5.74) is 5.45. The van der Waals surface area contributed by atoms with Crippen molar-refractivity contribution in [1.82, 2.24) is 9.97 Å². The highest BCUT2D eigenvalue weighted by atomic mass is 16.5. The zero-order valence-corrected chi connectivity index (χ0v) is 8.60. The summed E-state index contributed by atoms with van der Waals surface area (Å²) in [5, 5.41) is 0. The molecule has 0 aliphatic carbocycles. The third-order valence-electron chi connectivity index (χ3n) is 1.78. The molecule has 0 saturated carbocycles. The molecule has 14 heavy (non-hydrogen) atoms. The van der Waals surface area contributed by atoms with E-state index in [1.807, 2.05) is 18.9 Å². The lowest BCUT2D eigenvalue weighted by Gasteiger charge is -2.16. The van der Waals surface area contributed by atoms with Gasteiger partial charge in [0.15, 0.2) is 0 Å². The van der Waals surface area contributed by atoms with Gasteiger partial charge >= 0.3 is 0 Å². The largest absolute Gasteiger partial charge is 0.478 e. The van der Waals surface area contributed by atoms with E-state index >= 15 is 0 Å². The SMILES string of the molecule is CCOc1cc(N(C)CCN)ncn1. The van der Waals surface area contributed by atoms with E-state index in [4.69, 9.17) is 10.5 Å². The Morgan fingerprint density at radius 3 is 2.93 bits per heavy atom. The molecule has 0 bridgehead atoms. The van der Waals surface area contributed by atoms with Gasteiger partial charge in [0.2, 0.25) is 5.88 Å². The van der Waals surface area contributed by atoms with Crippen LogP contribution in [0.1, 0.15) is 6.92 Å². The summed E-state index contributed by atoms with van der Waals surface area (Å²) in [7, 11) is 1.94. The smallest absolute Gasteiger partial charge is 0.218 e. The third kappa shape index (κ3) is 2.85. The van der Waals surface area contributed by atoms with Crippen LogP contribution in [0.25, 0.3) is 0 Å². The van der Waals surface area contributed by atoms with Crippen molar-refractivity contribution in [3.63, 3.8) is 0 Å². The predicted octanol–water partition coefficient (Wildman–Crippen LogP) is 0.270. The fourth-order valence-corrected chi connectivity index (χ4v) is 1.07. The first-order valence-electron chi connectivity index (χ1n) is 4.64. The molecule has 1 heterocycles. The van der Waals surface area contributed by atoms with E-state index in [0.29, 0.717) is 19.0 Å². The third-order valence-corrected chi connectivity index (χ3v) is 1.78. The van der Waals surface area contributed by atoms with E-state index in [0.717, 1.165) is 12.4 Å². The van der Waals surface area contributed by atoms with Gasteiger partial charge in [-0.2, -0.15) is 0 Å². The van der Waals surface area contributed by atoms with Gasteiger partial charge in [-0.05, 0) is 6.92 Å². The van der Waals surface area contributed by atoms with Crippen LogP contribution < -0.4 is 15.4 Å². The Morgan fingerprint density at radius 1 is 1.50 bits per heavy atom. The maximum Gasteiger partial charge on any atom is 0.218 e. The number of hydrogen-bond donors (Lipinski definition) is 1. The molecule has 0 aliphatic heterocycles. The van der Waals surface area contributed by atoms with Crippen molar-refractivity contribution >= 4 is 5.82 Å². The maximum atomic E-state index is 5.45.